The van der Waals surface area contributed by atoms with Crippen molar-refractivity contribution in [3.63, 3.8) is 0 Å². The van der Waals surface area contributed by atoms with Gasteiger partial charge >= 0.3 is 0 Å². The van der Waals surface area contributed by atoms with Gasteiger partial charge in [-0.3, -0.25) is 4.79 Å². The molecule has 0 unspecified atom stereocenters. The lowest BCUT2D eigenvalue weighted by Gasteiger charge is -2.24. The molecule has 0 N–H and O–H groups in total. The molecule has 6 nitrogen and oxygen atoms in total. The smallest absolute Gasteiger partial charge is 0.220 e. The molecule has 0 aromatic heterocycles. The summed E-state index contributed by atoms with van der Waals surface area (Å²) < 4.78 is 22.3. The molecule has 0 amide bonds. The number of aryl methyl sites for hydroxylation is 1. The van der Waals surface area contributed by atoms with Crippen LogP contribution >= 0.6 is 0 Å². The van der Waals surface area contributed by atoms with Crippen LogP contribution in [0.5, 0.6) is 23.0 Å². The Morgan fingerprint density at radius 2 is 1.57 bits per heavy atom. The molecular formula is C22H27NO5. The summed E-state index contributed by atoms with van der Waals surface area (Å²) in [5, 5.41) is 0. The van der Waals surface area contributed by atoms with Gasteiger partial charge in [-0.15, -0.1) is 0 Å². The average molecular weight is 385 g/mol. The van der Waals surface area contributed by atoms with Crippen molar-refractivity contribution in [3.05, 3.63) is 45.6 Å². The Labute approximate surface area is 165 Å². The molecule has 1 atom stereocenters. The maximum Gasteiger partial charge on any atom is 0.220 e. The van der Waals surface area contributed by atoms with E-state index < -0.39 is 0 Å². The standard InChI is InChI=1S/C22H27NO5/c1-23(2)16-9-7-13-11-19(26-4)21(27-5)22(28-6)20(13)14-8-10-17(24)18(25-3)12-15(14)16/h8,10-12,16H,7,9H2,1-6H3/t16-/m0/s1. The minimum atomic E-state index is -0.158. The molecule has 1 aliphatic carbocycles. The Morgan fingerprint density at radius 1 is 0.893 bits per heavy atom. The summed E-state index contributed by atoms with van der Waals surface area (Å²) in [4.78, 5) is 14.6. The summed E-state index contributed by atoms with van der Waals surface area (Å²) in [5.41, 5.74) is 3.82. The summed E-state index contributed by atoms with van der Waals surface area (Å²) in [6.07, 6.45) is 1.72. The molecule has 0 spiro atoms. The van der Waals surface area contributed by atoms with Gasteiger partial charge in [0.25, 0.3) is 0 Å². The highest BCUT2D eigenvalue weighted by atomic mass is 16.5. The van der Waals surface area contributed by atoms with E-state index in [1.807, 2.05) is 32.3 Å². The highest BCUT2D eigenvalue weighted by Gasteiger charge is 2.29. The zero-order valence-electron chi connectivity index (χ0n) is 17.3. The summed E-state index contributed by atoms with van der Waals surface area (Å²) in [6, 6.07) is 7.38. The largest absolute Gasteiger partial charge is 0.493 e. The van der Waals surface area contributed by atoms with Gasteiger partial charge in [0.15, 0.2) is 17.2 Å². The van der Waals surface area contributed by atoms with E-state index in [-0.39, 0.29) is 11.5 Å². The first-order valence-electron chi connectivity index (χ1n) is 9.17. The molecule has 0 saturated heterocycles. The molecule has 0 fully saturated rings. The van der Waals surface area contributed by atoms with Gasteiger partial charge in [-0.2, -0.15) is 0 Å². The zero-order chi connectivity index (χ0) is 20.4. The summed E-state index contributed by atoms with van der Waals surface area (Å²) in [5.74, 6) is 2.11. The minimum Gasteiger partial charge on any atom is -0.493 e. The molecule has 0 bridgehead atoms. The second-order valence-electron chi connectivity index (χ2n) is 6.98. The zero-order valence-corrected chi connectivity index (χ0v) is 17.3. The SMILES string of the molecule is COc1cc2c(c(OC)c1OC)-c1ccc(=O)c(OC)cc1[C@@H](N(C)C)CC2. The van der Waals surface area contributed by atoms with E-state index in [4.69, 9.17) is 18.9 Å². The summed E-state index contributed by atoms with van der Waals surface area (Å²) in [7, 11) is 10.4. The third-order valence-corrected chi connectivity index (χ3v) is 5.31. The number of nitrogens with zero attached hydrogens (tertiary/aromatic N) is 1. The van der Waals surface area contributed by atoms with E-state index in [1.165, 1.54) is 7.11 Å². The number of ether oxygens (including phenoxy) is 4. The average Bonchev–Trinajstić information content (AvgIpc) is 2.94. The molecule has 150 valence electrons. The number of hydrogen-bond acceptors (Lipinski definition) is 6. The first-order valence-corrected chi connectivity index (χ1v) is 9.17. The molecule has 6 heteroatoms. The van der Waals surface area contributed by atoms with Crippen LogP contribution in [-0.2, 0) is 6.42 Å². The van der Waals surface area contributed by atoms with Crippen molar-refractivity contribution in [1.29, 1.82) is 0 Å². The molecular weight excluding hydrogens is 358 g/mol. The van der Waals surface area contributed by atoms with Crippen molar-refractivity contribution in [1.82, 2.24) is 4.90 Å². The molecule has 2 aromatic rings. The van der Waals surface area contributed by atoms with Crippen molar-refractivity contribution in [2.45, 2.75) is 18.9 Å². The summed E-state index contributed by atoms with van der Waals surface area (Å²) >= 11 is 0. The van der Waals surface area contributed by atoms with E-state index >= 15 is 0 Å². The number of benzene rings is 1. The first kappa shape index (κ1) is 20.0. The van der Waals surface area contributed by atoms with Crippen LogP contribution < -0.4 is 24.4 Å². The maximum atomic E-state index is 12.4. The third kappa shape index (κ3) is 3.29. The van der Waals surface area contributed by atoms with E-state index in [9.17, 15) is 4.79 Å². The Morgan fingerprint density at radius 3 is 2.14 bits per heavy atom. The van der Waals surface area contributed by atoms with Crippen molar-refractivity contribution >= 4 is 0 Å². The molecule has 3 rings (SSSR count). The monoisotopic (exact) mass is 385 g/mol. The van der Waals surface area contributed by atoms with Gasteiger partial charge in [0.2, 0.25) is 11.2 Å². The van der Waals surface area contributed by atoms with Crippen LogP contribution in [0.3, 0.4) is 0 Å². The third-order valence-electron chi connectivity index (χ3n) is 5.31. The minimum absolute atomic E-state index is 0.116. The molecule has 1 aliphatic rings. The number of rotatable bonds is 5. The fourth-order valence-electron chi connectivity index (χ4n) is 3.97. The lowest BCUT2D eigenvalue weighted by atomic mass is 9.95. The van der Waals surface area contributed by atoms with Crippen LogP contribution in [-0.4, -0.2) is 47.4 Å². The molecule has 28 heavy (non-hydrogen) atoms. The lowest BCUT2D eigenvalue weighted by Crippen LogP contribution is -2.20. The highest BCUT2D eigenvalue weighted by molar-refractivity contribution is 5.82. The van der Waals surface area contributed by atoms with Gasteiger partial charge in [-0.05, 0) is 67.9 Å². The molecule has 0 aliphatic heterocycles. The van der Waals surface area contributed by atoms with E-state index in [0.29, 0.717) is 23.0 Å². The Hall–Kier alpha value is -2.73. The molecule has 0 saturated carbocycles. The van der Waals surface area contributed by atoms with Crippen LogP contribution in [0, 0.1) is 0 Å². The Bertz CT molecular complexity index is 939. The quantitative estimate of drug-likeness (QED) is 0.787. The van der Waals surface area contributed by atoms with Crippen molar-refractivity contribution in [2.75, 3.05) is 42.5 Å². The molecule has 0 radical (unpaired) electrons. The van der Waals surface area contributed by atoms with E-state index in [2.05, 4.69) is 4.90 Å². The van der Waals surface area contributed by atoms with Crippen molar-refractivity contribution in [3.8, 4) is 34.1 Å². The van der Waals surface area contributed by atoms with Gasteiger partial charge < -0.3 is 23.8 Å². The fourth-order valence-corrected chi connectivity index (χ4v) is 3.97. The van der Waals surface area contributed by atoms with Crippen molar-refractivity contribution in [2.24, 2.45) is 0 Å². The first-order chi connectivity index (χ1) is 13.5. The fraction of sp³-hybridized carbons (Fsp3) is 0.409. The lowest BCUT2D eigenvalue weighted by molar-refractivity contribution is 0.285. The van der Waals surface area contributed by atoms with E-state index in [1.54, 1.807) is 27.4 Å². The van der Waals surface area contributed by atoms with Gasteiger partial charge in [-0.1, -0.05) is 0 Å². The molecule has 2 aromatic carbocycles. The number of fused-ring (bicyclic) bond motifs is 3. The van der Waals surface area contributed by atoms with Gasteiger partial charge in [0.05, 0.1) is 28.4 Å². The molecule has 0 heterocycles. The topological polar surface area (TPSA) is 57.2 Å². The van der Waals surface area contributed by atoms with E-state index in [0.717, 1.165) is 35.1 Å². The van der Waals surface area contributed by atoms with Crippen molar-refractivity contribution < 1.29 is 18.9 Å². The van der Waals surface area contributed by atoms with Crippen LogP contribution in [0.25, 0.3) is 11.1 Å². The normalized spacial score (nSPS) is 15.3. The van der Waals surface area contributed by atoms with Gasteiger partial charge in [0, 0.05) is 11.6 Å². The van der Waals surface area contributed by atoms with Crippen LogP contribution in [0.1, 0.15) is 23.6 Å². The van der Waals surface area contributed by atoms with Gasteiger partial charge in [0.1, 0.15) is 0 Å². The van der Waals surface area contributed by atoms with Gasteiger partial charge in [-0.25, -0.2) is 0 Å². The Balaban J connectivity index is 2.45. The number of methoxy groups -OCH3 is 4. The predicted molar refractivity (Wildman–Crippen MR) is 109 cm³/mol. The second-order valence-corrected chi connectivity index (χ2v) is 6.98. The summed E-state index contributed by atoms with van der Waals surface area (Å²) in [6.45, 7) is 0. The predicted octanol–water partition coefficient (Wildman–Crippen LogP) is 3.30. The number of hydrogen-bond donors (Lipinski definition) is 0. The Kier molecular flexibility index (Phi) is 5.79. The van der Waals surface area contributed by atoms with Crippen LogP contribution in [0.15, 0.2) is 29.1 Å². The van der Waals surface area contributed by atoms with Crippen LogP contribution in [0.2, 0.25) is 0 Å². The maximum absolute atomic E-state index is 12.4. The van der Waals surface area contributed by atoms with Crippen LogP contribution in [0.4, 0.5) is 0 Å². The second kappa shape index (κ2) is 8.10. The highest BCUT2D eigenvalue weighted by Crippen LogP contribution is 2.50.